The van der Waals surface area contributed by atoms with Gasteiger partial charge in [0.1, 0.15) is 17.4 Å². The van der Waals surface area contributed by atoms with Crippen LogP contribution in [0.15, 0.2) is 35.0 Å². The van der Waals surface area contributed by atoms with Crippen LogP contribution < -0.4 is 11.5 Å². The molecule has 1 aromatic carbocycles. The van der Waals surface area contributed by atoms with Crippen LogP contribution in [0.25, 0.3) is 0 Å². The summed E-state index contributed by atoms with van der Waals surface area (Å²) in [5.41, 5.74) is 11.3. The van der Waals surface area contributed by atoms with Crippen molar-refractivity contribution in [2.45, 2.75) is 25.2 Å². The number of hydrogen-bond donors (Lipinski definition) is 3. The zero-order valence-electron chi connectivity index (χ0n) is 12.0. The molecular formula is C15H16ClFN4O. The van der Waals surface area contributed by atoms with Crippen LogP contribution in [0, 0.1) is 11.2 Å². The van der Waals surface area contributed by atoms with Crippen LogP contribution in [-0.4, -0.2) is 17.5 Å². The summed E-state index contributed by atoms with van der Waals surface area (Å²) in [7, 11) is 0. The van der Waals surface area contributed by atoms with Gasteiger partial charge < -0.3 is 11.5 Å². The van der Waals surface area contributed by atoms with Crippen LogP contribution in [0.5, 0.6) is 0 Å². The van der Waals surface area contributed by atoms with Crippen LogP contribution in [0.4, 0.5) is 4.39 Å². The van der Waals surface area contributed by atoms with E-state index in [1.807, 2.05) is 0 Å². The van der Waals surface area contributed by atoms with E-state index in [4.69, 9.17) is 28.5 Å². The van der Waals surface area contributed by atoms with E-state index in [2.05, 4.69) is 4.99 Å². The van der Waals surface area contributed by atoms with Crippen LogP contribution in [0.1, 0.15) is 25.3 Å². The van der Waals surface area contributed by atoms with Gasteiger partial charge in [0.2, 0.25) is 0 Å². The minimum absolute atomic E-state index is 0.0823. The number of halogens is 2. The van der Waals surface area contributed by atoms with Gasteiger partial charge in [0.25, 0.3) is 5.91 Å². The first kappa shape index (κ1) is 16.2. The fraction of sp³-hybridized carbons (Fsp3) is 0.267. The molecule has 1 aliphatic carbocycles. The molecule has 1 fully saturated rings. The number of nitrogens with one attached hydrogen (secondary N) is 1. The summed E-state index contributed by atoms with van der Waals surface area (Å²) in [4.78, 5) is 15.6. The number of nitrogens with two attached hydrogens (primary N) is 2. The summed E-state index contributed by atoms with van der Waals surface area (Å²) in [5, 5.41) is 7.82. The highest BCUT2D eigenvalue weighted by molar-refractivity contribution is 6.44. The molecule has 2 rings (SSSR count). The molecule has 7 heteroatoms. The maximum atomic E-state index is 13.1. The number of nitrogens with zero attached hydrogens (tertiary/aromatic N) is 1. The summed E-state index contributed by atoms with van der Waals surface area (Å²) in [6, 6.07) is 4.04. The third-order valence-corrected chi connectivity index (χ3v) is 3.82. The first-order valence-corrected chi connectivity index (χ1v) is 7.01. The Balaban J connectivity index is 2.30. The summed E-state index contributed by atoms with van der Waals surface area (Å²) in [6.45, 7) is 1.57. The molecule has 5 N–H and O–H groups in total. The summed E-state index contributed by atoms with van der Waals surface area (Å²) in [6.07, 6.45) is 2.55. The molecule has 22 heavy (non-hydrogen) atoms. The number of carbonyl (C=O) groups is 1. The molecule has 1 saturated carbocycles. The standard InChI is InChI=1S/C15H16ClFN4O/c1-8(18)6-12(19)13(22)21-14(20)15(4-5-15)10-3-2-9(17)7-11(10)16/h2-3,6-7,19H,4-5,18H2,1H3,(H2,20,21,22)/b8-6-,19-12?. The Morgan fingerprint density at radius 3 is 2.59 bits per heavy atom. The lowest BCUT2D eigenvalue weighted by Crippen LogP contribution is -2.31. The van der Waals surface area contributed by atoms with Gasteiger partial charge in [-0.1, -0.05) is 17.7 Å². The molecular weight excluding hydrogens is 307 g/mol. The smallest absolute Gasteiger partial charge is 0.296 e. The number of carbonyl (C=O) groups excluding carboxylic acids is 1. The molecule has 0 aliphatic heterocycles. The number of benzene rings is 1. The number of allylic oxidation sites excluding steroid dienone is 1. The molecule has 0 radical (unpaired) electrons. The maximum Gasteiger partial charge on any atom is 0.296 e. The molecule has 0 unspecified atom stereocenters. The Kier molecular flexibility index (Phi) is 4.32. The van der Waals surface area contributed by atoms with Crippen LogP contribution >= 0.6 is 11.6 Å². The summed E-state index contributed by atoms with van der Waals surface area (Å²) in [5.74, 6) is -1.13. The molecule has 0 saturated heterocycles. The topological polar surface area (TPSA) is 105 Å². The number of hydrogen-bond acceptors (Lipinski definition) is 3. The van der Waals surface area contributed by atoms with E-state index < -0.39 is 17.1 Å². The van der Waals surface area contributed by atoms with Crippen molar-refractivity contribution >= 4 is 29.1 Å². The zero-order chi connectivity index (χ0) is 16.5. The van der Waals surface area contributed by atoms with E-state index in [0.717, 1.165) is 0 Å². The van der Waals surface area contributed by atoms with Gasteiger partial charge in [-0.3, -0.25) is 10.2 Å². The van der Waals surface area contributed by atoms with Crippen molar-refractivity contribution in [3.8, 4) is 0 Å². The van der Waals surface area contributed by atoms with Crippen LogP contribution in [-0.2, 0) is 10.2 Å². The Hall–Kier alpha value is -2.21. The highest BCUT2D eigenvalue weighted by atomic mass is 35.5. The van der Waals surface area contributed by atoms with Crippen molar-refractivity contribution in [3.05, 3.63) is 46.4 Å². The highest BCUT2D eigenvalue weighted by Crippen LogP contribution is 2.50. The minimum Gasteiger partial charge on any atom is -0.402 e. The van der Waals surface area contributed by atoms with Gasteiger partial charge in [0, 0.05) is 10.7 Å². The maximum absolute atomic E-state index is 13.1. The van der Waals surface area contributed by atoms with E-state index in [0.29, 0.717) is 24.1 Å². The summed E-state index contributed by atoms with van der Waals surface area (Å²) < 4.78 is 13.1. The van der Waals surface area contributed by atoms with Crippen molar-refractivity contribution < 1.29 is 9.18 Å². The van der Waals surface area contributed by atoms with Crippen molar-refractivity contribution in [2.24, 2.45) is 16.5 Å². The molecule has 1 aromatic rings. The average Bonchev–Trinajstić information content (AvgIpc) is 3.19. The molecule has 0 spiro atoms. The second-order valence-corrected chi connectivity index (χ2v) is 5.72. The molecule has 5 nitrogen and oxygen atoms in total. The third kappa shape index (κ3) is 3.17. The van der Waals surface area contributed by atoms with Gasteiger partial charge in [-0.15, -0.1) is 0 Å². The Labute approximate surface area is 132 Å². The second-order valence-electron chi connectivity index (χ2n) is 5.31. The number of aliphatic imine (C=N–C) groups is 1. The normalized spacial score (nSPS) is 17.2. The van der Waals surface area contributed by atoms with Gasteiger partial charge in [-0.25, -0.2) is 4.39 Å². The second kappa shape index (κ2) is 5.88. The molecule has 0 bridgehead atoms. The van der Waals surface area contributed by atoms with Gasteiger partial charge in [0.15, 0.2) is 0 Å². The van der Waals surface area contributed by atoms with Gasteiger partial charge >= 0.3 is 0 Å². The molecule has 0 heterocycles. The highest BCUT2D eigenvalue weighted by Gasteiger charge is 2.49. The molecule has 0 aromatic heterocycles. The van der Waals surface area contributed by atoms with Gasteiger partial charge in [-0.05, 0) is 43.5 Å². The van der Waals surface area contributed by atoms with E-state index >= 15 is 0 Å². The monoisotopic (exact) mass is 322 g/mol. The Morgan fingerprint density at radius 1 is 1.45 bits per heavy atom. The predicted octanol–water partition coefficient (Wildman–Crippen LogP) is 2.28. The van der Waals surface area contributed by atoms with Crippen molar-refractivity contribution in [2.75, 3.05) is 0 Å². The quantitative estimate of drug-likeness (QED) is 0.585. The number of amides is 1. The van der Waals surface area contributed by atoms with E-state index in [-0.39, 0.29) is 16.6 Å². The first-order valence-electron chi connectivity index (χ1n) is 6.63. The SMILES string of the molecule is C/C(N)=C/C(=N)C(=O)N=C(N)C1(c2ccc(F)cc2Cl)CC1. The van der Waals surface area contributed by atoms with E-state index in [1.165, 1.54) is 18.2 Å². The average molecular weight is 323 g/mol. The molecule has 1 amide bonds. The van der Waals surface area contributed by atoms with E-state index in [9.17, 15) is 9.18 Å². The van der Waals surface area contributed by atoms with Gasteiger partial charge in [-0.2, -0.15) is 4.99 Å². The van der Waals surface area contributed by atoms with E-state index in [1.54, 1.807) is 13.0 Å². The molecule has 116 valence electrons. The largest absolute Gasteiger partial charge is 0.402 e. The number of amidine groups is 1. The molecule has 1 aliphatic rings. The third-order valence-electron chi connectivity index (χ3n) is 3.51. The Bertz CT molecular complexity index is 703. The predicted molar refractivity (Wildman–Crippen MR) is 84.6 cm³/mol. The zero-order valence-corrected chi connectivity index (χ0v) is 12.7. The lowest BCUT2D eigenvalue weighted by Gasteiger charge is -2.16. The number of rotatable bonds is 4. The Morgan fingerprint density at radius 2 is 2.09 bits per heavy atom. The van der Waals surface area contributed by atoms with Crippen molar-refractivity contribution in [1.29, 1.82) is 5.41 Å². The first-order chi connectivity index (χ1) is 10.3. The van der Waals surface area contributed by atoms with Crippen LogP contribution in [0.3, 0.4) is 0 Å². The molecule has 0 atom stereocenters. The van der Waals surface area contributed by atoms with Crippen LogP contribution in [0.2, 0.25) is 5.02 Å². The van der Waals surface area contributed by atoms with Crippen molar-refractivity contribution in [1.82, 2.24) is 0 Å². The summed E-state index contributed by atoms with van der Waals surface area (Å²) >= 11 is 6.06. The van der Waals surface area contributed by atoms with Gasteiger partial charge in [0.05, 0.1) is 5.41 Å². The lowest BCUT2D eigenvalue weighted by atomic mass is 9.94. The fourth-order valence-electron chi connectivity index (χ4n) is 2.23. The fourth-order valence-corrected chi connectivity index (χ4v) is 2.58. The lowest BCUT2D eigenvalue weighted by molar-refractivity contribution is -0.111. The van der Waals surface area contributed by atoms with Crippen molar-refractivity contribution in [3.63, 3.8) is 0 Å². The minimum atomic E-state index is -0.771.